The number of thioether (sulfide) groups is 1. The van der Waals surface area contributed by atoms with Gasteiger partial charge in [0.25, 0.3) is 0 Å². The van der Waals surface area contributed by atoms with Crippen molar-refractivity contribution in [1.29, 1.82) is 0 Å². The molecule has 44 heavy (non-hydrogen) atoms. The number of amides is 1. The number of nitrogens with zero attached hydrogens (tertiary/aromatic N) is 1. The summed E-state index contributed by atoms with van der Waals surface area (Å²) in [5, 5.41) is 17.8. The quantitative estimate of drug-likeness (QED) is 0.149. The summed E-state index contributed by atoms with van der Waals surface area (Å²) in [4.78, 5) is 28.5. The zero-order valence-electron chi connectivity index (χ0n) is 28.3. The van der Waals surface area contributed by atoms with Crippen LogP contribution in [-0.2, 0) is 9.59 Å². The fourth-order valence-corrected chi connectivity index (χ4v) is 5.71. The standard InChI is InChI=1S/C33H47ClN4O3S.C2H6/c1-9-18-38(19-17-20(3)4)26-14-12-25(13-15-26)37-33(21(5)10-2)42-32(23(7)35)31(41)28-27(40)16-11-22(6)30(29(28)34)36-24(8)39;1-2/h12-16,20,37,40H,9-11,17-19,35H2,1-8H3,(H,36,39);1-2H3/b32-23+,33-21+;. The Labute approximate surface area is 274 Å². The number of anilines is 2. The Hall–Kier alpha value is -3.10. The number of hydrogen-bond acceptors (Lipinski definition) is 7. The maximum absolute atomic E-state index is 13.9. The SMILES string of the molecule is CC.CCCN(CCC(C)C)c1ccc(N/C(S/C(C(=O)C2=C(Cl)C(NC(C)=O)=C(C)CC=C2O)=C(\C)N)=C(/C)CC)cc1. The predicted octanol–water partition coefficient (Wildman–Crippen LogP) is 9.27. The Kier molecular flexibility index (Phi) is 17.1. The molecule has 1 aromatic carbocycles. The molecule has 0 aliphatic heterocycles. The summed E-state index contributed by atoms with van der Waals surface area (Å²) < 4.78 is 0. The number of carbonyl (C=O) groups is 2. The van der Waals surface area contributed by atoms with E-state index in [9.17, 15) is 14.7 Å². The normalized spacial score (nSPS) is 14.6. The zero-order chi connectivity index (χ0) is 33.6. The minimum atomic E-state index is -0.518. The summed E-state index contributed by atoms with van der Waals surface area (Å²) in [6, 6.07) is 8.33. The number of rotatable bonds is 14. The van der Waals surface area contributed by atoms with Crippen molar-refractivity contribution in [2.75, 3.05) is 23.3 Å². The summed E-state index contributed by atoms with van der Waals surface area (Å²) in [7, 11) is 0. The number of aliphatic hydroxyl groups excluding tert-OH is 1. The third-order valence-corrected chi connectivity index (χ3v) is 8.64. The lowest BCUT2D eigenvalue weighted by Crippen LogP contribution is -2.26. The third kappa shape index (κ3) is 11.4. The van der Waals surface area contributed by atoms with Crippen molar-refractivity contribution in [2.45, 2.75) is 94.9 Å². The Morgan fingerprint density at radius 3 is 2.18 bits per heavy atom. The van der Waals surface area contributed by atoms with Crippen LogP contribution in [0.15, 0.2) is 79.2 Å². The highest BCUT2D eigenvalue weighted by molar-refractivity contribution is 8.07. The molecule has 0 radical (unpaired) electrons. The van der Waals surface area contributed by atoms with Crippen LogP contribution in [0.3, 0.4) is 0 Å². The van der Waals surface area contributed by atoms with Crippen molar-refractivity contribution in [3.8, 4) is 0 Å². The molecule has 0 spiro atoms. The Morgan fingerprint density at radius 1 is 1.07 bits per heavy atom. The van der Waals surface area contributed by atoms with Crippen molar-refractivity contribution < 1.29 is 14.7 Å². The number of halogens is 1. The number of nitrogens with one attached hydrogen (secondary N) is 2. The molecule has 5 N–H and O–H groups in total. The van der Waals surface area contributed by atoms with Gasteiger partial charge in [-0.25, -0.2) is 0 Å². The van der Waals surface area contributed by atoms with E-state index in [1.165, 1.54) is 30.4 Å². The lowest BCUT2D eigenvalue weighted by Gasteiger charge is -2.25. The smallest absolute Gasteiger partial charge is 0.221 e. The Bertz CT molecular complexity index is 1300. The van der Waals surface area contributed by atoms with Crippen LogP contribution in [0.4, 0.5) is 11.4 Å². The van der Waals surface area contributed by atoms with Crippen LogP contribution >= 0.6 is 23.4 Å². The number of carbonyl (C=O) groups excluding carboxylic acids is 2. The second kappa shape index (κ2) is 19.3. The average molecular weight is 645 g/mol. The van der Waals surface area contributed by atoms with Gasteiger partial charge in [0.15, 0.2) is 0 Å². The van der Waals surface area contributed by atoms with Gasteiger partial charge in [0.05, 0.1) is 26.2 Å². The molecule has 1 aliphatic rings. The first-order valence-corrected chi connectivity index (χ1v) is 16.8. The molecule has 0 unspecified atom stereocenters. The molecule has 9 heteroatoms. The first-order valence-electron chi connectivity index (χ1n) is 15.6. The van der Waals surface area contributed by atoms with E-state index in [1.54, 1.807) is 13.8 Å². The average Bonchev–Trinajstić information content (AvgIpc) is 3.08. The monoisotopic (exact) mass is 644 g/mol. The van der Waals surface area contributed by atoms with Gasteiger partial charge in [0, 0.05) is 37.1 Å². The van der Waals surface area contributed by atoms with Gasteiger partial charge < -0.3 is 26.4 Å². The molecule has 0 fully saturated rings. The van der Waals surface area contributed by atoms with Gasteiger partial charge in [-0.05, 0) is 93.9 Å². The lowest BCUT2D eigenvalue weighted by atomic mass is 10.1. The van der Waals surface area contributed by atoms with E-state index in [4.69, 9.17) is 17.3 Å². The van der Waals surface area contributed by atoms with Gasteiger partial charge in [-0.15, -0.1) is 0 Å². The van der Waals surface area contributed by atoms with E-state index in [1.807, 2.05) is 39.8 Å². The molecule has 0 saturated heterocycles. The Morgan fingerprint density at radius 2 is 1.68 bits per heavy atom. The molecule has 0 heterocycles. The van der Waals surface area contributed by atoms with Crippen LogP contribution in [0.5, 0.6) is 0 Å². The number of Topliss-reactive ketones (excluding diaryl/α,β-unsaturated/α-hetero) is 1. The minimum absolute atomic E-state index is 0.0197. The summed E-state index contributed by atoms with van der Waals surface area (Å²) in [5.74, 6) is -0.455. The molecule has 0 atom stereocenters. The lowest BCUT2D eigenvalue weighted by molar-refractivity contribution is -0.118. The molecule has 7 nitrogen and oxygen atoms in total. The number of ketones is 1. The summed E-state index contributed by atoms with van der Waals surface area (Å²) in [5.41, 5.74) is 10.6. The number of benzene rings is 1. The molecule has 1 aromatic rings. The van der Waals surface area contributed by atoms with Gasteiger partial charge in [-0.2, -0.15) is 0 Å². The number of aliphatic hydroxyl groups is 1. The zero-order valence-corrected chi connectivity index (χ0v) is 29.9. The van der Waals surface area contributed by atoms with E-state index >= 15 is 0 Å². The maximum atomic E-state index is 13.9. The van der Waals surface area contributed by atoms with Crippen molar-refractivity contribution in [3.63, 3.8) is 0 Å². The van der Waals surface area contributed by atoms with Crippen LogP contribution in [-0.4, -0.2) is 29.9 Å². The maximum Gasteiger partial charge on any atom is 0.221 e. The molecule has 0 aromatic heterocycles. The first kappa shape index (κ1) is 38.9. The van der Waals surface area contributed by atoms with Crippen molar-refractivity contribution in [2.24, 2.45) is 11.7 Å². The van der Waals surface area contributed by atoms with Gasteiger partial charge in [-0.3, -0.25) is 9.59 Å². The molecule has 1 amide bonds. The van der Waals surface area contributed by atoms with Crippen LogP contribution in [0.1, 0.15) is 94.9 Å². The molecule has 2 rings (SSSR count). The highest BCUT2D eigenvalue weighted by Crippen LogP contribution is 2.38. The van der Waals surface area contributed by atoms with E-state index in [-0.39, 0.29) is 27.2 Å². The highest BCUT2D eigenvalue weighted by atomic mass is 35.5. The molecule has 0 saturated carbocycles. The molecule has 244 valence electrons. The van der Waals surface area contributed by atoms with Crippen LogP contribution in [0.2, 0.25) is 0 Å². The second-order valence-corrected chi connectivity index (χ2v) is 12.5. The van der Waals surface area contributed by atoms with Crippen LogP contribution < -0.4 is 21.3 Å². The highest BCUT2D eigenvalue weighted by Gasteiger charge is 2.29. The van der Waals surface area contributed by atoms with E-state index in [0.717, 1.165) is 54.2 Å². The summed E-state index contributed by atoms with van der Waals surface area (Å²) >= 11 is 7.88. The first-order chi connectivity index (χ1) is 20.8. The van der Waals surface area contributed by atoms with E-state index in [0.29, 0.717) is 23.7 Å². The fourth-order valence-electron chi connectivity index (χ4n) is 4.27. The second-order valence-electron chi connectivity index (χ2n) is 11.1. The van der Waals surface area contributed by atoms with E-state index < -0.39 is 5.78 Å². The molecular weight excluding hydrogens is 592 g/mol. The third-order valence-electron chi connectivity index (χ3n) is 6.90. The molecule has 1 aliphatic carbocycles. The van der Waals surface area contributed by atoms with E-state index in [2.05, 4.69) is 48.4 Å². The largest absolute Gasteiger partial charge is 0.507 e. The van der Waals surface area contributed by atoms with Gasteiger partial charge in [-0.1, -0.05) is 64.9 Å². The minimum Gasteiger partial charge on any atom is -0.507 e. The van der Waals surface area contributed by atoms with Crippen molar-refractivity contribution in [3.05, 3.63) is 79.2 Å². The summed E-state index contributed by atoms with van der Waals surface area (Å²) in [6.07, 6.45) is 4.80. The van der Waals surface area contributed by atoms with Gasteiger partial charge in [0.2, 0.25) is 11.7 Å². The number of nitrogens with two attached hydrogens (primary N) is 1. The van der Waals surface area contributed by atoms with Crippen LogP contribution in [0.25, 0.3) is 0 Å². The van der Waals surface area contributed by atoms with Crippen molar-refractivity contribution in [1.82, 2.24) is 5.32 Å². The van der Waals surface area contributed by atoms with Gasteiger partial charge >= 0.3 is 0 Å². The summed E-state index contributed by atoms with van der Waals surface area (Å²) in [6.45, 7) is 21.5. The van der Waals surface area contributed by atoms with Gasteiger partial charge in [0.1, 0.15) is 5.76 Å². The number of allylic oxidation sites excluding steroid dienone is 7. The predicted molar refractivity (Wildman–Crippen MR) is 191 cm³/mol. The Balaban J connectivity index is 0.00000474. The van der Waals surface area contributed by atoms with Crippen molar-refractivity contribution >= 4 is 46.4 Å². The topological polar surface area (TPSA) is 108 Å². The fraction of sp³-hybridized carbons (Fsp3) is 0.486. The molecule has 0 bridgehead atoms. The molecular formula is C35H53ClN4O3S. The van der Waals surface area contributed by atoms with Crippen LogP contribution in [0, 0.1) is 5.92 Å². The number of hydrogen-bond donors (Lipinski definition) is 4.